The van der Waals surface area contributed by atoms with Crippen LogP contribution in [0.4, 0.5) is 10.5 Å². The topological polar surface area (TPSA) is 140 Å². The van der Waals surface area contributed by atoms with Gasteiger partial charge in [-0.05, 0) is 58.5 Å². The molecule has 0 fully saturated rings. The van der Waals surface area contributed by atoms with Gasteiger partial charge in [0.2, 0.25) is 5.91 Å². The Morgan fingerprint density at radius 1 is 0.930 bits per heavy atom. The summed E-state index contributed by atoms with van der Waals surface area (Å²) < 4.78 is 18.5. The highest BCUT2D eigenvalue weighted by atomic mass is 16.6. The van der Waals surface area contributed by atoms with E-state index in [0.29, 0.717) is 32.0 Å². The molecule has 2 amide bonds. The number of nitrogens with zero attached hydrogens (tertiary/aromatic N) is 4. The van der Waals surface area contributed by atoms with Gasteiger partial charge in [0, 0.05) is 53.3 Å². The van der Waals surface area contributed by atoms with Crippen LogP contribution >= 0.6 is 0 Å². The lowest BCUT2D eigenvalue weighted by Gasteiger charge is -2.14. The Labute approximate surface area is 249 Å². The summed E-state index contributed by atoms with van der Waals surface area (Å²) in [4.78, 5) is 27.3. The fourth-order valence-electron chi connectivity index (χ4n) is 5.29. The van der Waals surface area contributed by atoms with Gasteiger partial charge in [-0.25, -0.2) is 4.79 Å². The Bertz CT molecular complexity index is 1570. The van der Waals surface area contributed by atoms with Crippen LogP contribution in [0.5, 0.6) is 0 Å². The number of rotatable bonds is 15. The third-order valence-electron chi connectivity index (χ3n) is 7.24. The van der Waals surface area contributed by atoms with E-state index in [1.165, 1.54) is 22.3 Å². The number of carbonyl (C=O) groups excluding carboxylic acids is 2. The molecule has 0 unspecified atom stereocenters. The number of alkyl carbamates (subject to hydrolysis) is 1. The average molecular weight is 583 g/mol. The number of hydrogen-bond acceptors (Lipinski definition) is 6. The van der Waals surface area contributed by atoms with Crippen molar-refractivity contribution in [2.75, 3.05) is 51.4 Å². The van der Waals surface area contributed by atoms with Crippen molar-refractivity contribution in [2.24, 2.45) is 5.11 Å². The second kappa shape index (κ2) is 14.9. The molecule has 11 heteroatoms. The van der Waals surface area contributed by atoms with Gasteiger partial charge in [0.05, 0.1) is 19.8 Å². The number of hydrogen-bond donors (Lipinski definition) is 2. The molecule has 0 aliphatic heterocycles. The summed E-state index contributed by atoms with van der Waals surface area (Å²) in [6, 6.07) is 24.1. The first-order chi connectivity index (χ1) is 21.1. The number of aryl methyl sites for hydroxylation is 1. The van der Waals surface area contributed by atoms with Crippen molar-refractivity contribution in [3.05, 3.63) is 101 Å². The largest absolute Gasteiger partial charge is 0.449 e. The molecule has 0 atom stereocenters. The van der Waals surface area contributed by atoms with Crippen molar-refractivity contribution < 1.29 is 23.8 Å². The summed E-state index contributed by atoms with van der Waals surface area (Å²) >= 11 is 0. The van der Waals surface area contributed by atoms with Crippen LogP contribution in [0.15, 0.2) is 84.1 Å². The minimum absolute atomic E-state index is 0.0148. The first-order valence-electron chi connectivity index (χ1n) is 14.3. The fraction of sp³-hybridized carbons (Fsp3) is 0.312. The number of anilines is 1. The van der Waals surface area contributed by atoms with Crippen molar-refractivity contribution in [1.82, 2.24) is 9.88 Å². The van der Waals surface area contributed by atoms with Gasteiger partial charge in [-0.2, -0.15) is 0 Å². The Kier molecular flexibility index (Phi) is 10.3. The highest BCUT2D eigenvalue weighted by Gasteiger charge is 2.28. The van der Waals surface area contributed by atoms with Crippen LogP contribution in [0.2, 0.25) is 0 Å². The Hall–Kier alpha value is -4.83. The first kappa shape index (κ1) is 29.7. The molecule has 1 aliphatic carbocycles. The minimum atomic E-state index is -0.488. The highest BCUT2D eigenvalue weighted by molar-refractivity contribution is 5.94. The van der Waals surface area contributed by atoms with E-state index in [1.807, 2.05) is 54.7 Å². The molecule has 4 aromatic rings. The van der Waals surface area contributed by atoms with Crippen molar-refractivity contribution >= 4 is 28.6 Å². The lowest BCUT2D eigenvalue weighted by Crippen LogP contribution is -2.29. The standard InChI is InChI=1S/C32H34N6O5/c33-37-35-13-5-15-38-16-12-23-20-24(10-11-30(23)38)36-31(39)22-42-19-18-41-17-14-34-32(40)43-21-29-27-8-3-1-6-25(27)26-7-2-4-9-28(26)29/h1-4,6-12,16,20,29H,5,13-15,17-19,21-22H2,(H,34,40)(H,36,39). The van der Waals surface area contributed by atoms with Gasteiger partial charge in [-0.15, -0.1) is 0 Å². The predicted molar refractivity (Wildman–Crippen MR) is 164 cm³/mol. The highest BCUT2D eigenvalue weighted by Crippen LogP contribution is 2.44. The zero-order valence-corrected chi connectivity index (χ0v) is 23.8. The third kappa shape index (κ3) is 7.72. The van der Waals surface area contributed by atoms with Crippen LogP contribution in [-0.2, 0) is 25.5 Å². The third-order valence-corrected chi connectivity index (χ3v) is 7.24. The normalized spacial score (nSPS) is 11.9. The quantitative estimate of drug-likeness (QED) is 0.0783. The Morgan fingerprint density at radius 2 is 1.67 bits per heavy atom. The van der Waals surface area contributed by atoms with Crippen LogP contribution in [0, 0.1) is 0 Å². The van der Waals surface area contributed by atoms with E-state index in [1.54, 1.807) is 0 Å². The molecule has 43 heavy (non-hydrogen) atoms. The molecule has 1 aliphatic rings. The summed E-state index contributed by atoms with van der Waals surface area (Å²) in [7, 11) is 0. The summed E-state index contributed by atoms with van der Waals surface area (Å²) in [6.45, 7) is 2.50. The zero-order chi connectivity index (χ0) is 29.9. The maximum Gasteiger partial charge on any atom is 0.407 e. The number of nitrogens with one attached hydrogen (secondary N) is 2. The lowest BCUT2D eigenvalue weighted by atomic mass is 9.98. The molecule has 222 valence electrons. The molecule has 3 aromatic carbocycles. The van der Waals surface area contributed by atoms with Gasteiger partial charge in [-0.3, -0.25) is 4.79 Å². The molecule has 0 radical (unpaired) electrons. The smallest absolute Gasteiger partial charge is 0.407 e. The Balaban J connectivity index is 0.928. The van der Waals surface area contributed by atoms with Gasteiger partial charge in [0.1, 0.15) is 13.2 Å². The van der Waals surface area contributed by atoms with E-state index in [9.17, 15) is 9.59 Å². The molecule has 0 saturated heterocycles. The monoisotopic (exact) mass is 582 g/mol. The van der Waals surface area contributed by atoms with E-state index in [0.717, 1.165) is 23.9 Å². The molecule has 1 aromatic heterocycles. The maximum absolute atomic E-state index is 12.3. The van der Waals surface area contributed by atoms with Crippen molar-refractivity contribution in [3.63, 3.8) is 0 Å². The summed E-state index contributed by atoms with van der Waals surface area (Å²) in [5.41, 5.74) is 14.8. The SMILES string of the molecule is [N-]=[N+]=NCCCn1ccc2cc(NC(=O)COCCOCCNC(=O)OCC3c4ccccc4-c4ccccc43)ccc21. The second-order valence-electron chi connectivity index (χ2n) is 10.1. The van der Waals surface area contributed by atoms with Crippen molar-refractivity contribution in [3.8, 4) is 11.1 Å². The molecular formula is C32H34N6O5. The van der Waals surface area contributed by atoms with Crippen LogP contribution < -0.4 is 10.6 Å². The van der Waals surface area contributed by atoms with E-state index in [2.05, 4.69) is 49.5 Å². The van der Waals surface area contributed by atoms with Gasteiger partial charge in [0.15, 0.2) is 0 Å². The number of aromatic nitrogens is 1. The van der Waals surface area contributed by atoms with Crippen LogP contribution in [0.25, 0.3) is 32.5 Å². The Morgan fingerprint density at radius 3 is 2.44 bits per heavy atom. The van der Waals surface area contributed by atoms with Crippen LogP contribution in [-0.4, -0.2) is 62.7 Å². The number of ether oxygens (including phenoxy) is 3. The summed E-state index contributed by atoms with van der Waals surface area (Å²) in [5, 5.41) is 10.1. The van der Waals surface area contributed by atoms with Gasteiger partial charge in [-0.1, -0.05) is 53.6 Å². The van der Waals surface area contributed by atoms with E-state index < -0.39 is 6.09 Å². The molecule has 2 N–H and O–H groups in total. The zero-order valence-electron chi connectivity index (χ0n) is 23.8. The predicted octanol–water partition coefficient (Wildman–Crippen LogP) is 5.85. The molecule has 5 rings (SSSR count). The van der Waals surface area contributed by atoms with Gasteiger partial charge >= 0.3 is 6.09 Å². The van der Waals surface area contributed by atoms with Crippen LogP contribution in [0.1, 0.15) is 23.5 Å². The average Bonchev–Trinajstić information content (AvgIpc) is 3.58. The summed E-state index contributed by atoms with van der Waals surface area (Å²) in [6.07, 6.45) is 2.24. The lowest BCUT2D eigenvalue weighted by molar-refractivity contribution is -0.121. The maximum atomic E-state index is 12.3. The number of carbonyl (C=O) groups is 2. The molecule has 11 nitrogen and oxygen atoms in total. The van der Waals surface area contributed by atoms with Crippen molar-refractivity contribution in [2.45, 2.75) is 18.9 Å². The van der Waals surface area contributed by atoms with Gasteiger partial charge < -0.3 is 29.4 Å². The second-order valence-corrected chi connectivity index (χ2v) is 10.1. The molecule has 0 saturated carbocycles. The van der Waals surface area contributed by atoms with Crippen molar-refractivity contribution in [1.29, 1.82) is 0 Å². The van der Waals surface area contributed by atoms with E-state index >= 15 is 0 Å². The van der Waals surface area contributed by atoms with E-state index in [4.69, 9.17) is 19.7 Å². The molecule has 1 heterocycles. The number of benzene rings is 3. The molecular weight excluding hydrogens is 548 g/mol. The van der Waals surface area contributed by atoms with E-state index in [-0.39, 0.29) is 31.6 Å². The minimum Gasteiger partial charge on any atom is -0.449 e. The number of azide groups is 1. The fourth-order valence-corrected chi connectivity index (χ4v) is 5.29. The number of fused-ring (bicyclic) bond motifs is 4. The number of amides is 2. The first-order valence-corrected chi connectivity index (χ1v) is 14.3. The molecule has 0 bridgehead atoms. The summed E-state index contributed by atoms with van der Waals surface area (Å²) in [5.74, 6) is -0.244. The van der Waals surface area contributed by atoms with Gasteiger partial charge in [0.25, 0.3) is 0 Å². The van der Waals surface area contributed by atoms with Crippen LogP contribution in [0.3, 0.4) is 0 Å². The molecule has 0 spiro atoms.